The Balaban J connectivity index is 1.57. The van der Waals surface area contributed by atoms with E-state index in [1.165, 1.54) is 36.0 Å². The maximum Gasteiger partial charge on any atom is 0.0953 e. The van der Waals surface area contributed by atoms with Gasteiger partial charge in [0.15, 0.2) is 0 Å². The van der Waals surface area contributed by atoms with Crippen LogP contribution < -0.4 is 5.32 Å². The maximum atomic E-state index is 5.01. The van der Waals surface area contributed by atoms with Crippen LogP contribution in [0.4, 0.5) is 0 Å². The quantitative estimate of drug-likeness (QED) is 0.792. The molecule has 4 nitrogen and oxygen atoms in total. The van der Waals surface area contributed by atoms with E-state index in [1.54, 1.807) is 7.11 Å². The number of aromatic nitrogens is 2. The molecule has 0 radical (unpaired) electrons. The van der Waals surface area contributed by atoms with Crippen LogP contribution >= 0.6 is 0 Å². The van der Waals surface area contributed by atoms with E-state index in [1.807, 2.05) is 6.33 Å². The number of hydrogen-bond acceptors (Lipinski definition) is 3. The van der Waals surface area contributed by atoms with E-state index in [2.05, 4.69) is 39.3 Å². The Morgan fingerprint density at radius 2 is 2.19 bits per heavy atom. The lowest BCUT2D eigenvalue weighted by atomic mass is 10.1. The first-order chi connectivity index (χ1) is 10.3. The third kappa shape index (κ3) is 3.71. The standard InChI is InChI=1S/C17H23N3O/c1-21-8-7-18-10-17-12-20(13-19-17)11-14-5-6-15-3-2-4-16(15)9-14/h5-6,9,12-13,18H,2-4,7-8,10-11H2,1H3. The van der Waals surface area contributed by atoms with Crippen LogP contribution in [-0.2, 0) is 30.7 Å². The first-order valence-electron chi connectivity index (χ1n) is 7.66. The lowest BCUT2D eigenvalue weighted by molar-refractivity contribution is 0.199. The van der Waals surface area contributed by atoms with Gasteiger partial charge in [-0.2, -0.15) is 0 Å². The predicted molar refractivity (Wildman–Crippen MR) is 83.4 cm³/mol. The zero-order valence-corrected chi connectivity index (χ0v) is 12.6. The third-order valence-electron chi connectivity index (χ3n) is 4.00. The van der Waals surface area contributed by atoms with Crippen molar-refractivity contribution in [1.82, 2.24) is 14.9 Å². The fraction of sp³-hybridized carbons (Fsp3) is 0.471. The van der Waals surface area contributed by atoms with Crippen LogP contribution in [0.15, 0.2) is 30.7 Å². The fourth-order valence-corrected chi connectivity index (χ4v) is 2.91. The summed E-state index contributed by atoms with van der Waals surface area (Å²) in [7, 11) is 1.72. The van der Waals surface area contributed by atoms with Gasteiger partial charge >= 0.3 is 0 Å². The van der Waals surface area contributed by atoms with Gasteiger partial charge in [0.1, 0.15) is 0 Å². The minimum absolute atomic E-state index is 0.732. The summed E-state index contributed by atoms with van der Waals surface area (Å²) in [4.78, 5) is 4.44. The predicted octanol–water partition coefficient (Wildman–Crippen LogP) is 2.16. The van der Waals surface area contributed by atoms with Crippen LogP contribution in [0, 0.1) is 0 Å². The molecule has 0 saturated heterocycles. The zero-order valence-electron chi connectivity index (χ0n) is 12.6. The van der Waals surface area contributed by atoms with Crippen molar-refractivity contribution in [2.75, 3.05) is 20.3 Å². The second-order valence-electron chi connectivity index (χ2n) is 5.66. The molecule has 112 valence electrons. The van der Waals surface area contributed by atoms with Crippen molar-refractivity contribution in [2.24, 2.45) is 0 Å². The zero-order chi connectivity index (χ0) is 14.5. The number of nitrogens with one attached hydrogen (secondary N) is 1. The van der Waals surface area contributed by atoms with E-state index in [-0.39, 0.29) is 0 Å². The van der Waals surface area contributed by atoms with E-state index in [9.17, 15) is 0 Å². The second kappa shape index (κ2) is 6.87. The summed E-state index contributed by atoms with van der Waals surface area (Å²) in [5.41, 5.74) is 5.51. The van der Waals surface area contributed by atoms with Gasteiger partial charge in [-0.25, -0.2) is 4.98 Å². The second-order valence-corrected chi connectivity index (χ2v) is 5.66. The number of fused-ring (bicyclic) bond motifs is 1. The lowest BCUT2D eigenvalue weighted by Gasteiger charge is -2.06. The minimum atomic E-state index is 0.732. The number of imidazole rings is 1. The number of hydrogen-bond donors (Lipinski definition) is 1. The highest BCUT2D eigenvalue weighted by molar-refractivity contribution is 5.35. The molecular weight excluding hydrogens is 262 g/mol. The van der Waals surface area contributed by atoms with E-state index in [0.717, 1.165) is 31.9 Å². The van der Waals surface area contributed by atoms with Crippen LogP contribution in [0.3, 0.4) is 0 Å². The highest BCUT2D eigenvalue weighted by Gasteiger charge is 2.10. The molecule has 1 aliphatic carbocycles. The summed E-state index contributed by atoms with van der Waals surface area (Å²) in [5.74, 6) is 0. The number of benzene rings is 1. The van der Waals surface area contributed by atoms with Crippen molar-refractivity contribution in [3.63, 3.8) is 0 Å². The van der Waals surface area contributed by atoms with Crippen molar-refractivity contribution in [3.8, 4) is 0 Å². The Labute approximate surface area is 126 Å². The van der Waals surface area contributed by atoms with Crippen LogP contribution in [0.1, 0.15) is 28.8 Å². The van der Waals surface area contributed by atoms with Crippen LogP contribution in [-0.4, -0.2) is 29.8 Å². The Morgan fingerprint density at radius 1 is 1.29 bits per heavy atom. The highest BCUT2D eigenvalue weighted by Crippen LogP contribution is 2.23. The number of nitrogens with zero attached hydrogens (tertiary/aromatic N) is 2. The highest BCUT2D eigenvalue weighted by atomic mass is 16.5. The molecule has 3 rings (SSSR count). The number of ether oxygens (including phenoxy) is 1. The van der Waals surface area contributed by atoms with Gasteiger partial charge in [0.05, 0.1) is 18.6 Å². The summed E-state index contributed by atoms with van der Waals surface area (Å²) >= 11 is 0. The molecule has 1 aliphatic rings. The molecule has 1 aromatic heterocycles. The summed E-state index contributed by atoms with van der Waals surface area (Å²) in [6.07, 6.45) is 7.83. The van der Waals surface area contributed by atoms with Gasteiger partial charge in [-0.1, -0.05) is 18.2 Å². The van der Waals surface area contributed by atoms with E-state index in [0.29, 0.717) is 0 Å². The molecule has 21 heavy (non-hydrogen) atoms. The van der Waals surface area contributed by atoms with Crippen molar-refractivity contribution < 1.29 is 4.74 Å². The monoisotopic (exact) mass is 285 g/mol. The molecule has 0 spiro atoms. The fourth-order valence-electron chi connectivity index (χ4n) is 2.91. The molecule has 4 heteroatoms. The van der Waals surface area contributed by atoms with E-state index in [4.69, 9.17) is 4.74 Å². The molecule has 0 atom stereocenters. The summed E-state index contributed by atoms with van der Waals surface area (Å²) in [6.45, 7) is 3.28. The number of aryl methyl sites for hydroxylation is 2. The molecule has 1 heterocycles. The van der Waals surface area contributed by atoms with Crippen LogP contribution in [0.2, 0.25) is 0 Å². The first-order valence-corrected chi connectivity index (χ1v) is 7.66. The third-order valence-corrected chi connectivity index (χ3v) is 4.00. The molecular formula is C17H23N3O. The first kappa shape index (κ1) is 14.3. The van der Waals surface area contributed by atoms with Crippen molar-refractivity contribution in [2.45, 2.75) is 32.4 Å². The van der Waals surface area contributed by atoms with Gasteiger partial charge in [-0.15, -0.1) is 0 Å². The van der Waals surface area contributed by atoms with Gasteiger partial charge in [0.25, 0.3) is 0 Å². The van der Waals surface area contributed by atoms with Gasteiger partial charge in [0, 0.05) is 32.9 Å². The van der Waals surface area contributed by atoms with Crippen molar-refractivity contribution in [1.29, 1.82) is 0 Å². The maximum absolute atomic E-state index is 5.01. The SMILES string of the molecule is COCCNCc1cn(Cc2ccc3c(c2)CCC3)cn1. The molecule has 0 saturated carbocycles. The summed E-state index contributed by atoms with van der Waals surface area (Å²) < 4.78 is 7.17. The molecule has 1 N–H and O–H groups in total. The normalized spacial score (nSPS) is 13.6. The Morgan fingerprint density at radius 3 is 3.10 bits per heavy atom. The number of methoxy groups -OCH3 is 1. The molecule has 1 aromatic carbocycles. The molecule has 0 unspecified atom stereocenters. The molecule has 0 amide bonds. The Hall–Kier alpha value is -1.65. The van der Waals surface area contributed by atoms with Crippen LogP contribution in [0.25, 0.3) is 0 Å². The van der Waals surface area contributed by atoms with E-state index >= 15 is 0 Å². The molecule has 0 bridgehead atoms. The van der Waals surface area contributed by atoms with Crippen molar-refractivity contribution in [3.05, 3.63) is 53.1 Å². The number of rotatable bonds is 7. The van der Waals surface area contributed by atoms with Crippen LogP contribution in [0.5, 0.6) is 0 Å². The molecule has 0 fully saturated rings. The molecule has 0 aliphatic heterocycles. The van der Waals surface area contributed by atoms with Crippen molar-refractivity contribution >= 4 is 0 Å². The van der Waals surface area contributed by atoms with Gasteiger partial charge in [0.2, 0.25) is 0 Å². The Bertz CT molecular complexity index is 591. The average Bonchev–Trinajstić information content (AvgIpc) is 3.12. The Kier molecular flexibility index (Phi) is 4.68. The largest absolute Gasteiger partial charge is 0.383 e. The summed E-state index contributed by atoms with van der Waals surface area (Å²) in [6, 6.07) is 6.90. The summed E-state index contributed by atoms with van der Waals surface area (Å²) in [5, 5.41) is 3.31. The molecule has 2 aromatic rings. The van der Waals surface area contributed by atoms with E-state index < -0.39 is 0 Å². The topological polar surface area (TPSA) is 39.1 Å². The minimum Gasteiger partial charge on any atom is -0.383 e. The van der Waals surface area contributed by atoms with Gasteiger partial charge in [-0.05, 0) is 36.0 Å². The van der Waals surface area contributed by atoms with Gasteiger partial charge < -0.3 is 14.6 Å². The average molecular weight is 285 g/mol. The lowest BCUT2D eigenvalue weighted by Crippen LogP contribution is -2.18. The van der Waals surface area contributed by atoms with Gasteiger partial charge in [-0.3, -0.25) is 0 Å². The smallest absolute Gasteiger partial charge is 0.0953 e.